The fourth-order valence-corrected chi connectivity index (χ4v) is 3.94. The number of carbonyl (C=O) groups excluding carboxylic acids is 1. The smallest absolute Gasteiger partial charge is 0.349 e. The first-order valence-electron chi connectivity index (χ1n) is 11.3. The molecule has 35 heavy (non-hydrogen) atoms. The van der Waals surface area contributed by atoms with E-state index in [-0.39, 0.29) is 39.7 Å². The lowest BCUT2D eigenvalue weighted by Crippen LogP contribution is -2.37. The average Bonchev–Trinajstić information content (AvgIpc) is 2.81. The molecule has 3 aromatic rings. The number of rotatable bonds is 10. The topological polar surface area (TPSA) is 138 Å². The average molecular weight is 502 g/mol. The van der Waals surface area contributed by atoms with Crippen molar-refractivity contribution in [1.29, 1.82) is 0 Å². The van der Waals surface area contributed by atoms with E-state index in [0.29, 0.717) is 23.8 Å². The summed E-state index contributed by atoms with van der Waals surface area (Å²) in [6, 6.07) is 10.5. The van der Waals surface area contributed by atoms with Crippen molar-refractivity contribution in [3.63, 3.8) is 0 Å². The second-order valence-electron chi connectivity index (χ2n) is 8.48. The summed E-state index contributed by atoms with van der Waals surface area (Å²) >= 11 is 6.40. The van der Waals surface area contributed by atoms with Crippen LogP contribution in [0.3, 0.4) is 0 Å². The number of benzene rings is 2. The molecule has 186 valence electrons. The molecule has 2 aromatic carbocycles. The van der Waals surface area contributed by atoms with Gasteiger partial charge in [-0.05, 0) is 51.3 Å². The van der Waals surface area contributed by atoms with Gasteiger partial charge in [-0.15, -0.1) is 0 Å². The lowest BCUT2D eigenvalue weighted by atomic mass is 10.0. The maximum atomic E-state index is 12.7. The minimum atomic E-state index is -0.794. The number of nitro benzene ring substituents is 1. The highest BCUT2D eigenvalue weighted by molar-refractivity contribution is 6.32. The Morgan fingerprint density at radius 1 is 1.23 bits per heavy atom. The number of fused-ring (bicyclic) bond motifs is 1. The molecule has 1 aromatic heterocycles. The van der Waals surface area contributed by atoms with Crippen molar-refractivity contribution in [3.8, 4) is 5.75 Å². The van der Waals surface area contributed by atoms with Gasteiger partial charge >= 0.3 is 5.63 Å². The number of carbonyl (C=O) groups is 1. The van der Waals surface area contributed by atoms with Crippen LogP contribution in [-0.2, 0) is 0 Å². The zero-order valence-corrected chi connectivity index (χ0v) is 20.5. The quantitative estimate of drug-likeness (QED) is 0.223. The molecular weight excluding hydrogens is 474 g/mol. The van der Waals surface area contributed by atoms with Crippen molar-refractivity contribution >= 4 is 34.2 Å². The molecule has 0 aliphatic heterocycles. The van der Waals surface area contributed by atoms with Crippen LogP contribution in [0.4, 0.5) is 5.69 Å². The number of nitro groups is 1. The van der Waals surface area contributed by atoms with E-state index >= 15 is 0 Å². The second-order valence-corrected chi connectivity index (χ2v) is 8.88. The molecule has 3 rings (SSSR count). The number of nitrogens with two attached hydrogens (primary N) is 1. The van der Waals surface area contributed by atoms with Gasteiger partial charge in [0.2, 0.25) is 0 Å². The number of hydrogen-bond acceptors (Lipinski definition) is 7. The molecule has 1 amide bonds. The van der Waals surface area contributed by atoms with E-state index in [1.54, 1.807) is 25.1 Å². The molecule has 0 bridgehead atoms. The second kappa shape index (κ2) is 11.3. The van der Waals surface area contributed by atoms with Crippen molar-refractivity contribution < 1.29 is 18.9 Å². The van der Waals surface area contributed by atoms with Gasteiger partial charge in [0.25, 0.3) is 11.6 Å². The van der Waals surface area contributed by atoms with Crippen molar-refractivity contribution in [2.24, 2.45) is 5.73 Å². The minimum absolute atomic E-state index is 0.0148. The normalized spacial score (nSPS) is 13.7. The van der Waals surface area contributed by atoms with E-state index in [2.05, 4.69) is 5.32 Å². The van der Waals surface area contributed by atoms with Gasteiger partial charge in [0.1, 0.15) is 23.0 Å². The van der Waals surface area contributed by atoms with Crippen molar-refractivity contribution in [3.05, 3.63) is 79.1 Å². The molecule has 3 N–H and O–H groups in total. The fraction of sp³-hybridized carbons (Fsp3) is 0.360. The molecule has 0 saturated heterocycles. The number of halogens is 1. The first kappa shape index (κ1) is 26.2. The van der Waals surface area contributed by atoms with Crippen LogP contribution in [0.25, 0.3) is 11.0 Å². The van der Waals surface area contributed by atoms with Gasteiger partial charge in [0.05, 0.1) is 15.5 Å². The molecule has 0 fully saturated rings. The Morgan fingerprint density at radius 2 is 1.94 bits per heavy atom. The largest absolute Gasteiger partial charge is 0.484 e. The highest BCUT2D eigenvalue weighted by atomic mass is 35.5. The Bertz CT molecular complexity index is 1290. The summed E-state index contributed by atoms with van der Waals surface area (Å²) in [7, 11) is 0. The molecule has 2 unspecified atom stereocenters. The van der Waals surface area contributed by atoms with Crippen LogP contribution in [0.5, 0.6) is 5.75 Å². The van der Waals surface area contributed by atoms with Gasteiger partial charge in [-0.3, -0.25) is 14.9 Å². The number of hydrogen-bond donors (Lipinski definition) is 2. The van der Waals surface area contributed by atoms with Crippen LogP contribution >= 0.6 is 11.6 Å². The van der Waals surface area contributed by atoms with E-state index in [1.165, 1.54) is 24.3 Å². The molecule has 0 aliphatic rings. The van der Waals surface area contributed by atoms with E-state index in [1.807, 2.05) is 13.8 Å². The Balaban J connectivity index is 1.86. The highest BCUT2D eigenvalue weighted by Gasteiger charge is 2.22. The van der Waals surface area contributed by atoms with Crippen LogP contribution in [0.15, 0.2) is 51.7 Å². The molecule has 0 aliphatic carbocycles. The number of nitrogens with one attached hydrogen (secondary N) is 1. The van der Waals surface area contributed by atoms with Gasteiger partial charge in [-0.25, -0.2) is 4.79 Å². The number of para-hydroxylation sites is 1. The third-order valence-electron chi connectivity index (χ3n) is 5.71. The van der Waals surface area contributed by atoms with Gasteiger partial charge in [-0.1, -0.05) is 30.7 Å². The van der Waals surface area contributed by atoms with Crippen LogP contribution < -0.4 is 21.4 Å². The van der Waals surface area contributed by atoms with E-state index in [9.17, 15) is 19.7 Å². The maximum absolute atomic E-state index is 12.7. The summed E-state index contributed by atoms with van der Waals surface area (Å²) < 4.78 is 11.3. The van der Waals surface area contributed by atoms with Crippen LogP contribution in [0.1, 0.15) is 62.1 Å². The van der Waals surface area contributed by atoms with E-state index in [4.69, 9.17) is 26.5 Å². The number of nitrogens with zero attached hydrogens (tertiary/aromatic N) is 1. The minimum Gasteiger partial charge on any atom is -0.484 e. The Kier molecular flexibility index (Phi) is 8.48. The van der Waals surface area contributed by atoms with Crippen LogP contribution in [0.2, 0.25) is 5.02 Å². The summed E-state index contributed by atoms with van der Waals surface area (Å²) in [6.45, 7) is 5.50. The third kappa shape index (κ3) is 6.37. The van der Waals surface area contributed by atoms with Crippen molar-refractivity contribution in [2.45, 2.75) is 58.2 Å². The molecule has 0 saturated carbocycles. The van der Waals surface area contributed by atoms with Gasteiger partial charge in [0.15, 0.2) is 0 Å². The first-order valence-corrected chi connectivity index (χ1v) is 11.7. The molecular formula is C25H28ClN3O6. The van der Waals surface area contributed by atoms with E-state index < -0.39 is 22.6 Å². The van der Waals surface area contributed by atoms with Gasteiger partial charge < -0.3 is 20.2 Å². The first-order chi connectivity index (χ1) is 16.6. The predicted molar refractivity (Wildman–Crippen MR) is 134 cm³/mol. The molecule has 10 heteroatoms. The third-order valence-corrected chi connectivity index (χ3v) is 6.00. The number of amides is 1. The molecule has 0 spiro atoms. The van der Waals surface area contributed by atoms with Gasteiger partial charge in [-0.2, -0.15) is 0 Å². The Labute approximate surface area is 207 Å². The number of ether oxygens (including phenoxy) is 1. The summed E-state index contributed by atoms with van der Waals surface area (Å²) in [4.78, 5) is 36.2. The predicted octanol–water partition coefficient (Wildman–Crippen LogP) is 5.13. The molecule has 1 heterocycles. The molecule has 3 atom stereocenters. The maximum Gasteiger partial charge on any atom is 0.349 e. The SMILES string of the molecule is CC[C@@H](CCC(C)N)NC(=O)c1cc2cc(Cl)c(OC(C)c3ccccc3[N+](=O)[O-])cc2oc1=O. The van der Waals surface area contributed by atoms with Crippen molar-refractivity contribution in [2.75, 3.05) is 0 Å². The molecule has 9 nitrogen and oxygen atoms in total. The summed E-state index contributed by atoms with van der Waals surface area (Å²) in [5.74, 6) is -0.342. The Hall–Kier alpha value is -3.43. The zero-order chi connectivity index (χ0) is 25.7. The van der Waals surface area contributed by atoms with E-state index in [0.717, 1.165) is 6.42 Å². The van der Waals surface area contributed by atoms with Gasteiger partial charge in [0, 0.05) is 29.6 Å². The van der Waals surface area contributed by atoms with Crippen molar-refractivity contribution in [1.82, 2.24) is 5.32 Å². The zero-order valence-electron chi connectivity index (χ0n) is 19.7. The Morgan fingerprint density at radius 3 is 2.60 bits per heavy atom. The fourth-order valence-electron chi connectivity index (χ4n) is 3.73. The van der Waals surface area contributed by atoms with Crippen LogP contribution in [0, 0.1) is 10.1 Å². The highest BCUT2D eigenvalue weighted by Crippen LogP contribution is 2.35. The molecule has 0 radical (unpaired) electrons. The standard InChI is InChI=1S/C25H28ClN3O6/c1-4-17(10-9-14(2)27)28-24(30)19-11-16-12-20(26)23(13-22(16)35-25(19)31)34-15(3)18-7-5-6-8-21(18)29(32)33/h5-8,11-15,17H,4,9-10,27H2,1-3H3,(H,28,30)/t14?,15?,17-/m0/s1. The van der Waals surface area contributed by atoms with Crippen LogP contribution in [-0.4, -0.2) is 22.9 Å². The monoisotopic (exact) mass is 501 g/mol. The summed E-state index contributed by atoms with van der Waals surface area (Å²) in [5, 5.41) is 14.8. The lowest BCUT2D eigenvalue weighted by Gasteiger charge is -2.18. The summed E-state index contributed by atoms with van der Waals surface area (Å²) in [5.41, 5.74) is 5.34. The lowest BCUT2D eigenvalue weighted by molar-refractivity contribution is -0.386. The summed E-state index contributed by atoms with van der Waals surface area (Å²) in [6.07, 6.45) is 1.43.